The van der Waals surface area contributed by atoms with Crippen LogP contribution in [0.4, 0.5) is 4.79 Å². The Morgan fingerprint density at radius 3 is 2.45 bits per heavy atom. The second-order valence-corrected chi connectivity index (χ2v) is 6.95. The highest BCUT2D eigenvalue weighted by molar-refractivity contribution is 7.92. The molecule has 9 nitrogen and oxygen atoms in total. The number of hydrogen-bond donors (Lipinski definition) is 4. The fourth-order valence-corrected chi connectivity index (χ4v) is 3.67. The van der Waals surface area contributed by atoms with Crippen LogP contribution < -0.4 is 16.4 Å². The van der Waals surface area contributed by atoms with E-state index >= 15 is 0 Å². The van der Waals surface area contributed by atoms with Crippen LogP contribution in [0, 0.1) is 0 Å². The number of rotatable bonds is 6. The maximum Gasteiger partial charge on any atom is 0.326 e. The molecule has 20 heavy (non-hydrogen) atoms. The molecule has 2 atom stereocenters. The molecule has 1 aliphatic heterocycles. The second-order valence-electron chi connectivity index (χ2n) is 4.55. The van der Waals surface area contributed by atoms with E-state index in [1.807, 2.05) is 0 Å². The normalized spacial score (nSPS) is 21.9. The standard InChI is InChI=1S/C10H17N3O6S/c11-8(14)4-7(9(15)16)13-10(17)12-5-6-2-1-3-20(6,18)19/h6-7H,1-5H2,(H2,11,14)(H,15,16)(H2,12,13,17)/t6?,7-/m1/s1. The van der Waals surface area contributed by atoms with Crippen molar-refractivity contribution in [3.8, 4) is 0 Å². The van der Waals surface area contributed by atoms with Gasteiger partial charge in [-0.1, -0.05) is 0 Å². The van der Waals surface area contributed by atoms with Crippen LogP contribution >= 0.6 is 0 Å². The number of nitrogens with two attached hydrogens (primary N) is 1. The lowest BCUT2D eigenvalue weighted by Gasteiger charge is -2.15. The molecule has 114 valence electrons. The predicted molar refractivity (Wildman–Crippen MR) is 68.6 cm³/mol. The summed E-state index contributed by atoms with van der Waals surface area (Å²) in [7, 11) is -3.18. The van der Waals surface area contributed by atoms with Crippen molar-refractivity contribution in [1.29, 1.82) is 0 Å². The fraction of sp³-hybridized carbons (Fsp3) is 0.700. The van der Waals surface area contributed by atoms with Crippen molar-refractivity contribution >= 4 is 27.7 Å². The van der Waals surface area contributed by atoms with Gasteiger partial charge >= 0.3 is 12.0 Å². The molecule has 1 aliphatic rings. The third kappa shape index (κ3) is 4.68. The van der Waals surface area contributed by atoms with E-state index in [1.165, 1.54) is 0 Å². The Hall–Kier alpha value is -1.84. The Kier molecular flexibility index (Phi) is 5.31. The molecule has 0 aromatic rings. The van der Waals surface area contributed by atoms with Crippen LogP contribution in [0.5, 0.6) is 0 Å². The number of hydrogen-bond acceptors (Lipinski definition) is 5. The summed E-state index contributed by atoms with van der Waals surface area (Å²) >= 11 is 0. The summed E-state index contributed by atoms with van der Waals surface area (Å²) in [5, 5.41) is 12.5. The Balaban J connectivity index is 2.46. The van der Waals surface area contributed by atoms with Gasteiger partial charge in [-0.25, -0.2) is 18.0 Å². The van der Waals surface area contributed by atoms with E-state index < -0.39 is 45.5 Å². The van der Waals surface area contributed by atoms with Gasteiger partial charge in [-0.2, -0.15) is 0 Å². The highest BCUT2D eigenvalue weighted by Crippen LogP contribution is 2.18. The number of carbonyl (C=O) groups is 3. The van der Waals surface area contributed by atoms with E-state index in [9.17, 15) is 22.8 Å². The minimum Gasteiger partial charge on any atom is -0.480 e. The van der Waals surface area contributed by atoms with Crippen molar-refractivity contribution < 1.29 is 27.9 Å². The van der Waals surface area contributed by atoms with E-state index in [-0.39, 0.29) is 12.3 Å². The molecule has 0 saturated carbocycles. The molecule has 0 radical (unpaired) electrons. The van der Waals surface area contributed by atoms with Crippen molar-refractivity contribution in [3.05, 3.63) is 0 Å². The summed E-state index contributed by atoms with van der Waals surface area (Å²) in [6, 6.07) is -2.28. The van der Waals surface area contributed by atoms with Crippen molar-refractivity contribution in [2.45, 2.75) is 30.6 Å². The molecule has 1 rings (SSSR count). The summed E-state index contributed by atoms with van der Waals surface area (Å²) in [6.45, 7) is -0.0862. The number of sulfone groups is 1. The second kappa shape index (κ2) is 6.55. The number of urea groups is 1. The number of aliphatic carboxylic acids is 1. The van der Waals surface area contributed by atoms with E-state index in [0.29, 0.717) is 12.8 Å². The summed E-state index contributed by atoms with van der Waals surface area (Å²) in [4.78, 5) is 32.9. The Bertz CT molecular complexity index is 503. The highest BCUT2D eigenvalue weighted by Gasteiger charge is 2.31. The zero-order valence-electron chi connectivity index (χ0n) is 10.7. The van der Waals surface area contributed by atoms with Crippen LogP contribution in [0.2, 0.25) is 0 Å². The zero-order chi connectivity index (χ0) is 15.3. The van der Waals surface area contributed by atoms with E-state index in [4.69, 9.17) is 10.8 Å². The molecular weight excluding hydrogens is 290 g/mol. The minimum absolute atomic E-state index is 0.0862. The lowest BCUT2D eigenvalue weighted by Crippen LogP contribution is -2.49. The highest BCUT2D eigenvalue weighted by atomic mass is 32.2. The number of carboxylic acids is 1. The molecular formula is C10H17N3O6S. The summed E-state index contributed by atoms with van der Waals surface area (Å²) < 4.78 is 23.0. The van der Waals surface area contributed by atoms with Gasteiger partial charge in [0.25, 0.3) is 0 Å². The van der Waals surface area contributed by atoms with Crippen molar-refractivity contribution in [2.75, 3.05) is 12.3 Å². The van der Waals surface area contributed by atoms with Gasteiger partial charge in [0.05, 0.1) is 17.4 Å². The van der Waals surface area contributed by atoms with Gasteiger partial charge in [0, 0.05) is 6.54 Å². The van der Waals surface area contributed by atoms with Crippen molar-refractivity contribution in [3.63, 3.8) is 0 Å². The van der Waals surface area contributed by atoms with Gasteiger partial charge in [0.1, 0.15) is 6.04 Å². The maximum absolute atomic E-state index is 11.5. The van der Waals surface area contributed by atoms with Crippen molar-refractivity contribution in [1.82, 2.24) is 10.6 Å². The van der Waals surface area contributed by atoms with Crippen LogP contribution in [0.25, 0.3) is 0 Å². The third-order valence-electron chi connectivity index (χ3n) is 2.96. The molecule has 0 bridgehead atoms. The van der Waals surface area contributed by atoms with Crippen LogP contribution in [-0.2, 0) is 19.4 Å². The van der Waals surface area contributed by atoms with Crippen LogP contribution in [0.1, 0.15) is 19.3 Å². The lowest BCUT2D eigenvalue weighted by molar-refractivity contribution is -0.140. The van der Waals surface area contributed by atoms with Crippen LogP contribution in [0.15, 0.2) is 0 Å². The number of amides is 3. The first kappa shape index (κ1) is 16.2. The molecule has 0 aromatic heterocycles. The number of carbonyl (C=O) groups excluding carboxylic acids is 2. The van der Waals surface area contributed by atoms with Gasteiger partial charge in [-0.15, -0.1) is 0 Å². The fourth-order valence-electron chi connectivity index (χ4n) is 1.90. The van der Waals surface area contributed by atoms with E-state index in [1.54, 1.807) is 0 Å². The number of primary amides is 1. The lowest BCUT2D eigenvalue weighted by atomic mass is 10.2. The van der Waals surface area contributed by atoms with Crippen LogP contribution in [0.3, 0.4) is 0 Å². The largest absolute Gasteiger partial charge is 0.480 e. The zero-order valence-corrected chi connectivity index (χ0v) is 11.5. The quantitative estimate of drug-likeness (QED) is 0.453. The first-order valence-corrected chi connectivity index (χ1v) is 7.71. The van der Waals surface area contributed by atoms with Gasteiger partial charge in [-0.05, 0) is 12.8 Å². The van der Waals surface area contributed by atoms with Crippen LogP contribution in [-0.4, -0.2) is 55.0 Å². The summed E-state index contributed by atoms with van der Waals surface area (Å²) in [6.07, 6.45) is 0.479. The molecule has 10 heteroatoms. The van der Waals surface area contributed by atoms with Gasteiger partial charge in [-0.3, -0.25) is 4.79 Å². The maximum atomic E-state index is 11.5. The predicted octanol–water partition coefficient (Wildman–Crippen LogP) is -1.81. The number of carboxylic acid groups (broad SMARTS) is 1. The molecule has 0 aromatic carbocycles. The minimum atomic E-state index is -3.18. The molecule has 5 N–H and O–H groups in total. The molecule has 1 saturated heterocycles. The topological polar surface area (TPSA) is 156 Å². The number of nitrogens with one attached hydrogen (secondary N) is 2. The van der Waals surface area contributed by atoms with E-state index in [2.05, 4.69) is 10.6 Å². The molecule has 1 heterocycles. The molecule has 1 unspecified atom stereocenters. The SMILES string of the molecule is NC(=O)C[C@@H](NC(=O)NCC1CCCS1(=O)=O)C(=O)O. The Labute approximate surface area is 115 Å². The Morgan fingerprint density at radius 1 is 1.35 bits per heavy atom. The van der Waals surface area contributed by atoms with Gasteiger partial charge in [0.15, 0.2) is 9.84 Å². The van der Waals surface area contributed by atoms with Crippen molar-refractivity contribution in [2.24, 2.45) is 5.73 Å². The molecule has 0 aliphatic carbocycles. The first-order valence-electron chi connectivity index (χ1n) is 5.99. The first-order chi connectivity index (χ1) is 9.22. The van der Waals surface area contributed by atoms with E-state index in [0.717, 1.165) is 0 Å². The molecule has 3 amide bonds. The van der Waals surface area contributed by atoms with Gasteiger partial charge < -0.3 is 21.5 Å². The average molecular weight is 307 g/mol. The molecule has 1 fully saturated rings. The smallest absolute Gasteiger partial charge is 0.326 e. The molecule has 0 spiro atoms. The monoisotopic (exact) mass is 307 g/mol. The van der Waals surface area contributed by atoms with Gasteiger partial charge in [0.2, 0.25) is 5.91 Å². The average Bonchev–Trinajstić information content (AvgIpc) is 2.64. The third-order valence-corrected chi connectivity index (χ3v) is 5.24. The Morgan fingerprint density at radius 2 is 2.00 bits per heavy atom. The summed E-state index contributed by atoms with van der Waals surface area (Å²) in [5.41, 5.74) is 4.86. The summed E-state index contributed by atoms with van der Waals surface area (Å²) in [5.74, 6) is -2.16.